The van der Waals surface area contributed by atoms with E-state index in [9.17, 15) is 9.90 Å². The first-order valence-corrected chi connectivity index (χ1v) is 7.04. The van der Waals surface area contributed by atoms with Crippen molar-refractivity contribution in [2.75, 3.05) is 0 Å². The zero-order chi connectivity index (χ0) is 14.5. The van der Waals surface area contributed by atoms with Crippen molar-refractivity contribution in [3.63, 3.8) is 0 Å². The fourth-order valence-electron chi connectivity index (χ4n) is 3.50. The molecule has 4 heteroatoms. The number of carboxylic acids is 1. The van der Waals surface area contributed by atoms with Crippen molar-refractivity contribution >= 4 is 17.0 Å². The smallest absolute Gasteiger partial charge is 0.309 e. The van der Waals surface area contributed by atoms with E-state index in [-0.39, 0.29) is 11.3 Å². The molecule has 0 amide bonds. The van der Waals surface area contributed by atoms with Gasteiger partial charge in [0.2, 0.25) is 0 Å². The van der Waals surface area contributed by atoms with Crippen LogP contribution in [0.15, 0.2) is 24.3 Å². The molecule has 0 unspecified atom stereocenters. The largest absolute Gasteiger partial charge is 0.481 e. The summed E-state index contributed by atoms with van der Waals surface area (Å²) in [6, 6.07) is 7.93. The van der Waals surface area contributed by atoms with Gasteiger partial charge in [0.1, 0.15) is 5.82 Å². The zero-order valence-corrected chi connectivity index (χ0v) is 12.1. The molecule has 1 fully saturated rings. The second-order valence-electron chi connectivity index (χ2n) is 6.59. The Morgan fingerprint density at radius 1 is 1.35 bits per heavy atom. The number of aliphatic carboxylic acids is 1. The summed E-state index contributed by atoms with van der Waals surface area (Å²) in [5.41, 5.74) is 0.938. The first kappa shape index (κ1) is 13.2. The number of hydrogen-bond acceptors (Lipinski definition) is 2. The van der Waals surface area contributed by atoms with E-state index < -0.39 is 11.4 Å². The lowest BCUT2D eigenvalue weighted by atomic mass is 9.65. The highest BCUT2D eigenvalue weighted by Gasteiger charge is 2.57. The Kier molecular flexibility index (Phi) is 2.68. The number of H-pyrrole nitrogens is 1. The molecule has 0 radical (unpaired) electrons. The fraction of sp³-hybridized carbons (Fsp3) is 0.500. The Morgan fingerprint density at radius 3 is 2.65 bits per heavy atom. The molecule has 4 nitrogen and oxygen atoms in total. The summed E-state index contributed by atoms with van der Waals surface area (Å²) in [5, 5.41) is 9.58. The number of imidazole rings is 1. The molecule has 1 aliphatic rings. The Bertz CT molecular complexity index is 641. The second kappa shape index (κ2) is 4.08. The average molecular weight is 272 g/mol. The number of fused-ring (bicyclic) bond motifs is 1. The lowest BCUT2D eigenvalue weighted by Gasteiger charge is -2.37. The van der Waals surface area contributed by atoms with E-state index in [0.717, 1.165) is 23.3 Å². The number of hydrogen-bond donors (Lipinski definition) is 2. The van der Waals surface area contributed by atoms with E-state index in [0.29, 0.717) is 6.42 Å². The maximum atomic E-state index is 11.7. The van der Waals surface area contributed by atoms with Crippen LogP contribution in [-0.2, 0) is 4.79 Å². The number of carbonyl (C=O) groups is 1. The zero-order valence-electron chi connectivity index (χ0n) is 12.1. The monoisotopic (exact) mass is 272 g/mol. The quantitative estimate of drug-likeness (QED) is 0.878. The van der Waals surface area contributed by atoms with Crippen LogP contribution in [0, 0.1) is 10.8 Å². The summed E-state index contributed by atoms with van der Waals surface area (Å²) in [6.07, 6.45) is 1.55. The highest BCUT2D eigenvalue weighted by molar-refractivity contribution is 5.77. The Hall–Kier alpha value is -1.84. The van der Waals surface area contributed by atoms with Crippen molar-refractivity contribution in [2.45, 2.75) is 39.5 Å². The van der Waals surface area contributed by atoms with Gasteiger partial charge in [-0.3, -0.25) is 4.79 Å². The molecule has 1 saturated carbocycles. The van der Waals surface area contributed by atoms with Crippen LogP contribution in [0.25, 0.3) is 11.0 Å². The first-order valence-electron chi connectivity index (χ1n) is 7.04. The minimum absolute atomic E-state index is 0.149. The van der Waals surface area contributed by atoms with Gasteiger partial charge in [0.05, 0.1) is 16.4 Å². The molecule has 2 atom stereocenters. The number of carboxylic acid groups (broad SMARTS) is 1. The summed E-state index contributed by atoms with van der Waals surface area (Å²) in [4.78, 5) is 19.7. The summed E-state index contributed by atoms with van der Waals surface area (Å²) in [7, 11) is 0. The summed E-state index contributed by atoms with van der Waals surface area (Å²) >= 11 is 0. The maximum Gasteiger partial charge on any atom is 0.309 e. The van der Waals surface area contributed by atoms with Crippen LogP contribution in [-0.4, -0.2) is 21.0 Å². The molecule has 0 saturated heterocycles. The highest BCUT2D eigenvalue weighted by Crippen LogP contribution is 2.59. The Morgan fingerprint density at radius 2 is 2.05 bits per heavy atom. The molecular weight excluding hydrogens is 252 g/mol. The number of aromatic nitrogens is 2. The summed E-state index contributed by atoms with van der Waals surface area (Å²) < 4.78 is 0. The standard InChI is InChI=1S/C16H20N2O2/c1-15(2)10(8-9-16(15,3)14(19)20)13-17-11-6-4-5-7-12(11)18-13/h4-7,10H,8-9H2,1-3H3,(H,17,18)(H,19,20)/t10-,16+/m1/s1. The summed E-state index contributed by atoms with van der Waals surface area (Å²) in [6.45, 7) is 5.95. The van der Waals surface area contributed by atoms with Gasteiger partial charge in [-0.05, 0) is 37.3 Å². The van der Waals surface area contributed by atoms with Crippen LogP contribution in [0.3, 0.4) is 0 Å². The lowest BCUT2D eigenvalue weighted by Crippen LogP contribution is -2.40. The number of para-hydroxylation sites is 2. The third-order valence-corrected chi connectivity index (χ3v) is 5.44. The normalized spacial score (nSPS) is 28.9. The van der Waals surface area contributed by atoms with Gasteiger partial charge < -0.3 is 10.1 Å². The predicted octanol–water partition coefficient (Wildman–Crippen LogP) is 3.56. The van der Waals surface area contributed by atoms with Crippen LogP contribution in [0.2, 0.25) is 0 Å². The number of benzene rings is 1. The molecule has 3 rings (SSSR count). The average Bonchev–Trinajstić information content (AvgIpc) is 2.90. The maximum absolute atomic E-state index is 11.7. The number of nitrogens with zero attached hydrogens (tertiary/aromatic N) is 1. The number of nitrogens with one attached hydrogen (secondary N) is 1. The van der Waals surface area contributed by atoms with Crippen LogP contribution < -0.4 is 0 Å². The third kappa shape index (κ3) is 1.60. The SMILES string of the molecule is CC1(C)[C@@H](c2nc3ccccc3[nH]2)CC[C@@]1(C)C(=O)O. The first-order chi connectivity index (χ1) is 9.36. The highest BCUT2D eigenvalue weighted by atomic mass is 16.4. The molecule has 0 spiro atoms. The van der Waals surface area contributed by atoms with Gasteiger partial charge >= 0.3 is 5.97 Å². The lowest BCUT2D eigenvalue weighted by molar-refractivity contribution is -0.153. The Balaban J connectivity index is 2.05. The van der Waals surface area contributed by atoms with E-state index in [1.165, 1.54) is 0 Å². The minimum atomic E-state index is -0.707. The van der Waals surface area contributed by atoms with Crippen molar-refractivity contribution in [1.29, 1.82) is 0 Å². The molecule has 2 aromatic rings. The molecule has 1 heterocycles. The Labute approximate surface area is 118 Å². The molecule has 0 aliphatic heterocycles. The van der Waals surface area contributed by atoms with Crippen LogP contribution in [0.1, 0.15) is 45.4 Å². The molecule has 1 aliphatic carbocycles. The minimum Gasteiger partial charge on any atom is -0.481 e. The van der Waals surface area contributed by atoms with Crippen LogP contribution >= 0.6 is 0 Å². The summed E-state index contributed by atoms with van der Waals surface area (Å²) in [5.74, 6) is 0.360. The van der Waals surface area contributed by atoms with Gasteiger partial charge in [-0.2, -0.15) is 0 Å². The topological polar surface area (TPSA) is 66.0 Å². The van der Waals surface area contributed by atoms with Gasteiger partial charge in [0.25, 0.3) is 0 Å². The fourth-order valence-corrected chi connectivity index (χ4v) is 3.50. The van der Waals surface area contributed by atoms with E-state index in [2.05, 4.69) is 9.97 Å². The van der Waals surface area contributed by atoms with Gasteiger partial charge in [-0.15, -0.1) is 0 Å². The van der Waals surface area contributed by atoms with E-state index in [1.54, 1.807) is 0 Å². The predicted molar refractivity (Wildman–Crippen MR) is 77.6 cm³/mol. The van der Waals surface area contributed by atoms with E-state index >= 15 is 0 Å². The van der Waals surface area contributed by atoms with Crippen molar-refractivity contribution < 1.29 is 9.90 Å². The van der Waals surface area contributed by atoms with Crippen molar-refractivity contribution in [3.05, 3.63) is 30.1 Å². The number of rotatable bonds is 2. The second-order valence-corrected chi connectivity index (χ2v) is 6.59. The van der Waals surface area contributed by atoms with Crippen molar-refractivity contribution in [3.8, 4) is 0 Å². The van der Waals surface area contributed by atoms with Crippen molar-refractivity contribution in [1.82, 2.24) is 9.97 Å². The molecule has 20 heavy (non-hydrogen) atoms. The molecule has 1 aromatic carbocycles. The van der Waals surface area contributed by atoms with Crippen LogP contribution in [0.4, 0.5) is 0 Å². The number of aromatic amines is 1. The molecule has 1 aromatic heterocycles. The van der Waals surface area contributed by atoms with Gasteiger partial charge in [-0.1, -0.05) is 26.0 Å². The van der Waals surface area contributed by atoms with Gasteiger partial charge in [0.15, 0.2) is 0 Å². The van der Waals surface area contributed by atoms with E-state index in [4.69, 9.17) is 0 Å². The van der Waals surface area contributed by atoms with Crippen molar-refractivity contribution in [2.24, 2.45) is 10.8 Å². The van der Waals surface area contributed by atoms with E-state index in [1.807, 2.05) is 45.0 Å². The molecular formula is C16H20N2O2. The van der Waals surface area contributed by atoms with Crippen LogP contribution in [0.5, 0.6) is 0 Å². The molecule has 106 valence electrons. The molecule has 0 bridgehead atoms. The third-order valence-electron chi connectivity index (χ3n) is 5.44. The van der Waals surface area contributed by atoms with Gasteiger partial charge in [0, 0.05) is 5.92 Å². The molecule has 2 N–H and O–H groups in total. The van der Waals surface area contributed by atoms with Gasteiger partial charge in [-0.25, -0.2) is 4.98 Å².